The maximum Gasteiger partial charge on any atom is 0.346 e. The van der Waals surface area contributed by atoms with Gasteiger partial charge < -0.3 is 18.9 Å². The fourth-order valence-corrected chi connectivity index (χ4v) is 2.12. The third-order valence-corrected chi connectivity index (χ3v) is 3.49. The third-order valence-electron chi connectivity index (χ3n) is 3.49. The predicted octanol–water partition coefficient (Wildman–Crippen LogP) is 4.02. The zero-order valence-electron chi connectivity index (χ0n) is 15.0. The number of methoxy groups -OCH3 is 2. The van der Waals surface area contributed by atoms with Crippen molar-refractivity contribution in [2.24, 2.45) is 0 Å². The molecule has 0 amide bonds. The fraction of sp³-hybridized carbons (Fsp3) is 0.111. The first kappa shape index (κ1) is 22.6. The number of halogens is 6. The molecule has 0 fully saturated rings. The lowest BCUT2D eigenvalue weighted by Crippen LogP contribution is -2.10. The van der Waals surface area contributed by atoms with Gasteiger partial charge in [0.1, 0.15) is 23.7 Å². The number of ether oxygens (including phenoxy) is 4. The summed E-state index contributed by atoms with van der Waals surface area (Å²) in [7, 11) is 1.67. The van der Waals surface area contributed by atoms with Crippen LogP contribution >= 0.6 is 0 Å². The number of hydrogen-bond acceptors (Lipinski definition) is 6. The highest BCUT2D eigenvalue weighted by Gasteiger charge is 2.25. The molecule has 30 heavy (non-hydrogen) atoms. The molecule has 0 atom stereocenters. The summed E-state index contributed by atoms with van der Waals surface area (Å²) in [6.45, 7) is 0. The number of carbonyl (C=O) groups is 2. The van der Waals surface area contributed by atoms with Gasteiger partial charge in [0.2, 0.25) is 11.6 Å². The molecule has 0 unspecified atom stereocenters. The van der Waals surface area contributed by atoms with Gasteiger partial charge in [0.15, 0.2) is 34.8 Å². The van der Waals surface area contributed by atoms with Gasteiger partial charge in [0.25, 0.3) is 0 Å². The monoisotopic (exact) mass is 436 g/mol. The molecule has 0 aliphatic heterocycles. The molecule has 0 saturated heterocycles. The minimum atomic E-state index is -1.67. The van der Waals surface area contributed by atoms with E-state index < -0.39 is 69.5 Å². The first-order valence-electron chi connectivity index (χ1n) is 7.63. The normalized spacial score (nSPS) is 10.8. The lowest BCUT2D eigenvalue weighted by Gasteiger charge is -2.08. The Morgan fingerprint density at radius 1 is 0.667 bits per heavy atom. The Bertz CT molecular complexity index is 955. The number of hydrogen-bond donors (Lipinski definition) is 0. The van der Waals surface area contributed by atoms with Crippen molar-refractivity contribution in [3.8, 4) is 11.5 Å². The summed E-state index contributed by atoms with van der Waals surface area (Å²) < 4.78 is 98.7. The summed E-state index contributed by atoms with van der Waals surface area (Å²) in [4.78, 5) is 23.5. The van der Waals surface area contributed by atoms with Crippen molar-refractivity contribution in [3.05, 3.63) is 70.7 Å². The van der Waals surface area contributed by atoms with E-state index in [1.165, 1.54) is 0 Å². The number of rotatable bonds is 6. The first-order chi connectivity index (χ1) is 14.1. The third kappa shape index (κ3) is 4.31. The van der Waals surface area contributed by atoms with Crippen LogP contribution in [-0.2, 0) is 9.47 Å². The van der Waals surface area contributed by atoms with E-state index in [9.17, 15) is 35.9 Å². The molecular formula is C18H10F6O6. The summed E-state index contributed by atoms with van der Waals surface area (Å²) >= 11 is 0. The molecular weight excluding hydrogens is 426 g/mol. The molecule has 0 saturated carbocycles. The van der Waals surface area contributed by atoms with Crippen LogP contribution in [0.15, 0.2) is 24.7 Å². The van der Waals surface area contributed by atoms with Gasteiger partial charge in [-0.15, -0.1) is 0 Å². The van der Waals surface area contributed by atoms with Crippen LogP contribution in [0.3, 0.4) is 0 Å². The zero-order valence-corrected chi connectivity index (χ0v) is 15.0. The van der Waals surface area contributed by atoms with Gasteiger partial charge in [0, 0.05) is 0 Å². The quantitative estimate of drug-likeness (QED) is 0.295. The second kappa shape index (κ2) is 9.20. The summed E-state index contributed by atoms with van der Waals surface area (Å²) in [5.74, 6) is -15.0. The minimum absolute atomic E-state index is 0.207. The van der Waals surface area contributed by atoms with Crippen LogP contribution in [0.2, 0.25) is 0 Å². The van der Waals surface area contributed by atoms with Crippen molar-refractivity contribution in [2.75, 3.05) is 14.2 Å². The smallest absolute Gasteiger partial charge is 0.346 e. The van der Waals surface area contributed by atoms with E-state index in [0.29, 0.717) is 12.5 Å². The topological polar surface area (TPSA) is 71.1 Å². The van der Waals surface area contributed by atoms with Crippen LogP contribution in [0.4, 0.5) is 26.3 Å². The van der Waals surface area contributed by atoms with Gasteiger partial charge in [-0.3, -0.25) is 0 Å². The molecule has 2 rings (SSSR count). The van der Waals surface area contributed by atoms with E-state index >= 15 is 0 Å². The van der Waals surface area contributed by atoms with Gasteiger partial charge in [-0.1, -0.05) is 0 Å². The minimum Gasteiger partial charge on any atom is -0.491 e. The second-order valence-corrected chi connectivity index (χ2v) is 5.22. The largest absolute Gasteiger partial charge is 0.491 e. The number of carbonyl (C=O) groups excluding carboxylic acids is 2. The average Bonchev–Trinajstić information content (AvgIpc) is 2.71. The van der Waals surface area contributed by atoms with Crippen molar-refractivity contribution < 1.29 is 54.9 Å². The van der Waals surface area contributed by atoms with Gasteiger partial charge in [0.05, 0.1) is 14.2 Å². The molecule has 12 heteroatoms. The fourth-order valence-electron chi connectivity index (χ4n) is 2.12. The van der Waals surface area contributed by atoms with Crippen molar-refractivity contribution in [2.45, 2.75) is 0 Å². The van der Waals surface area contributed by atoms with E-state index in [1.54, 1.807) is 0 Å². The van der Waals surface area contributed by atoms with Gasteiger partial charge in [-0.2, -0.15) is 8.78 Å². The first-order valence-corrected chi connectivity index (χ1v) is 7.63. The molecule has 6 nitrogen and oxygen atoms in total. The van der Waals surface area contributed by atoms with E-state index in [2.05, 4.69) is 18.9 Å². The lowest BCUT2D eigenvalue weighted by atomic mass is 10.2. The Kier molecular flexibility index (Phi) is 6.93. The number of esters is 2. The molecule has 0 bridgehead atoms. The summed E-state index contributed by atoms with van der Waals surface area (Å²) in [5, 5.41) is 0. The number of benzene rings is 2. The van der Waals surface area contributed by atoms with Gasteiger partial charge >= 0.3 is 11.9 Å². The van der Waals surface area contributed by atoms with Crippen LogP contribution in [0.5, 0.6) is 11.5 Å². The van der Waals surface area contributed by atoms with Crippen molar-refractivity contribution >= 4 is 11.9 Å². The molecule has 0 aliphatic rings. The lowest BCUT2D eigenvalue weighted by molar-refractivity contribution is 0.0591. The van der Waals surface area contributed by atoms with E-state index in [0.717, 1.165) is 14.2 Å². The Hall–Kier alpha value is -3.70. The molecule has 160 valence electrons. The van der Waals surface area contributed by atoms with E-state index in [-0.39, 0.29) is 12.1 Å². The SMILES string of the molecule is COc1c(F)c(F)cc(C(=O)O/C=C/OC(=O)c2cc(F)c(F)c(OC)c2F)c1F. The van der Waals surface area contributed by atoms with Crippen LogP contribution in [-0.4, -0.2) is 26.2 Å². The summed E-state index contributed by atoms with van der Waals surface area (Å²) in [6.07, 6.45) is 0.755. The molecule has 0 aliphatic carbocycles. The summed E-state index contributed by atoms with van der Waals surface area (Å²) in [6, 6.07) is 0.413. The zero-order chi connectivity index (χ0) is 22.6. The Balaban J connectivity index is 2.13. The maximum atomic E-state index is 13.9. The highest BCUT2D eigenvalue weighted by atomic mass is 19.2. The van der Waals surface area contributed by atoms with Crippen molar-refractivity contribution in [3.63, 3.8) is 0 Å². The predicted molar refractivity (Wildman–Crippen MR) is 85.7 cm³/mol. The van der Waals surface area contributed by atoms with Crippen LogP contribution in [0.25, 0.3) is 0 Å². The van der Waals surface area contributed by atoms with Gasteiger partial charge in [-0.25, -0.2) is 27.2 Å². The van der Waals surface area contributed by atoms with Crippen LogP contribution in [0.1, 0.15) is 20.7 Å². The Morgan fingerprint density at radius 3 is 1.30 bits per heavy atom. The molecule has 0 N–H and O–H groups in total. The molecule has 2 aromatic rings. The Morgan fingerprint density at radius 2 is 1.00 bits per heavy atom. The van der Waals surface area contributed by atoms with Crippen molar-refractivity contribution in [1.82, 2.24) is 0 Å². The van der Waals surface area contributed by atoms with Crippen molar-refractivity contribution in [1.29, 1.82) is 0 Å². The highest BCUT2D eigenvalue weighted by Crippen LogP contribution is 2.28. The highest BCUT2D eigenvalue weighted by molar-refractivity contribution is 5.91. The van der Waals surface area contributed by atoms with E-state index in [4.69, 9.17) is 0 Å². The van der Waals surface area contributed by atoms with E-state index in [1.807, 2.05) is 0 Å². The standard InChI is InChI=1S/C18H10F6O6/c1-27-15-11(21)7(5-9(19)13(15)23)17(25)29-3-4-30-18(26)8-6-10(20)14(24)16(28-2)12(8)22/h3-6H,1-2H3/b4-3+. The van der Waals surface area contributed by atoms with Crippen LogP contribution in [0, 0.1) is 34.9 Å². The summed E-state index contributed by atoms with van der Waals surface area (Å²) in [5.41, 5.74) is -2.09. The molecule has 0 aromatic heterocycles. The maximum absolute atomic E-state index is 13.9. The average molecular weight is 436 g/mol. The van der Waals surface area contributed by atoms with Gasteiger partial charge in [-0.05, 0) is 12.1 Å². The molecule has 0 heterocycles. The molecule has 0 spiro atoms. The second-order valence-electron chi connectivity index (χ2n) is 5.22. The molecule has 2 aromatic carbocycles. The van der Waals surface area contributed by atoms with Crippen LogP contribution < -0.4 is 9.47 Å². The molecule has 0 radical (unpaired) electrons. The Labute approximate surface area is 164 Å².